The first kappa shape index (κ1) is 17.8. The molecule has 7 heteroatoms. The number of halogens is 2. The lowest BCUT2D eigenvalue weighted by molar-refractivity contribution is -0.143. The van der Waals surface area contributed by atoms with Crippen LogP contribution in [0.3, 0.4) is 0 Å². The number of ether oxygens (including phenoxy) is 2. The third-order valence-electron chi connectivity index (χ3n) is 3.28. The second kappa shape index (κ2) is 8.91. The van der Waals surface area contributed by atoms with Gasteiger partial charge in [-0.3, -0.25) is 4.79 Å². The van der Waals surface area contributed by atoms with Gasteiger partial charge in [-0.2, -0.15) is 0 Å². The number of esters is 1. The topological polar surface area (TPSA) is 64.6 Å². The van der Waals surface area contributed by atoms with Crippen LogP contribution < -0.4 is 5.32 Å². The van der Waals surface area contributed by atoms with Crippen LogP contribution in [0.5, 0.6) is 0 Å². The van der Waals surface area contributed by atoms with E-state index in [2.05, 4.69) is 5.32 Å². The quantitative estimate of drug-likeness (QED) is 0.627. The van der Waals surface area contributed by atoms with Crippen LogP contribution in [0.1, 0.15) is 18.4 Å². The van der Waals surface area contributed by atoms with Gasteiger partial charge in [0.2, 0.25) is 0 Å². The van der Waals surface area contributed by atoms with Crippen LogP contribution in [-0.4, -0.2) is 37.7 Å². The Hall–Kier alpha value is -1.56. The van der Waals surface area contributed by atoms with Crippen LogP contribution >= 0.6 is 23.2 Å². The highest BCUT2D eigenvalue weighted by Gasteiger charge is 2.16. The predicted octanol–water partition coefficient (Wildman–Crippen LogP) is 2.85. The Morgan fingerprint density at radius 2 is 2.09 bits per heavy atom. The number of carbonyl (C=O) groups excluding carboxylic acids is 2. The van der Waals surface area contributed by atoms with Crippen LogP contribution in [0.2, 0.25) is 10.0 Å². The van der Waals surface area contributed by atoms with Crippen molar-refractivity contribution in [3.8, 4) is 0 Å². The molecule has 1 atom stereocenters. The third kappa shape index (κ3) is 5.86. The number of carbonyl (C=O) groups is 2. The monoisotopic (exact) mass is 357 g/mol. The van der Waals surface area contributed by atoms with E-state index in [0.717, 1.165) is 19.4 Å². The van der Waals surface area contributed by atoms with E-state index in [1.807, 2.05) is 0 Å². The Kier molecular flexibility index (Phi) is 6.89. The van der Waals surface area contributed by atoms with Gasteiger partial charge in [0.25, 0.3) is 5.91 Å². The van der Waals surface area contributed by atoms with E-state index < -0.39 is 5.97 Å². The lowest BCUT2D eigenvalue weighted by atomic mass is 10.2. The Morgan fingerprint density at radius 3 is 2.74 bits per heavy atom. The molecule has 0 aliphatic carbocycles. The summed E-state index contributed by atoms with van der Waals surface area (Å²) in [4.78, 5) is 23.2. The molecule has 2 rings (SSSR count). The maximum atomic E-state index is 11.6. The first-order chi connectivity index (χ1) is 11.1. The SMILES string of the molecule is O=C(COC(=O)/C=C/c1c(Cl)cccc1Cl)NC[C@H]1CCCO1. The largest absolute Gasteiger partial charge is 0.452 e. The molecular weight excluding hydrogens is 341 g/mol. The Balaban J connectivity index is 1.74. The van der Waals surface area contributed by atoms with Crippen molar-refractivity contribution in [2.75, 3.05) is 19.8 Å². The molecule has 1 heterocycles. The van der Waals surface area contributed by atoms with Gasteiger partial charge in [0, 0.05) is 34.8 Å². The zero-order chi connectivity index (χ0) is 16.7. The Morgan fingerprint density at radius 1 is 1.35 bits per heavy atom. The van der Waals surface area contributed by atoms with Crippen molar-refractivity contribution in [1.82, 2.24) is 5.32 Å². The van der Waals surface area contributed by atoms with Gasteiger partial charge in [0.1, 0.15) is 0 Å². The van der Waals surface area contributed by atoms with Crippen LogP contribution in [0.4, 0.5) is 0 Å². The average Bonchev–Trinajstić information content (AvgIpc) is 3.04. The first-order valence-electron chi connectivity index (χ1n) is 7.23. The maximum absolute atomic E-state index is 11.6. The molecule has 1 aromatic rings. The number of rotatable bonds is 6. The molecule has 1 N–H and O–H groups in total. The molecule has 0 saturated carbocycles. The highest BCUT2D eigenvalue weighted by atomic mass is 35.5. The van der Waals surface area contributed by atoms with Crippen LogP contribution in [-0.2, 0) is 19.1 Å². The zero-order valence-corrected chi connectivity index (χ0v) is 13.9. The van der Waals surface area contributed by atoms with Crippen molar-refractivity contribution in [1.29, 1.82) is 0 Å². The summed E-state index contributed by atoms with van der Waals surface area (Å²) >= 11 is 12.0. The fourth-order valence-corrected chi connectivity index (χ4v) is 2.61. The van der Waals surface area contributed by atoms with Crippen molar-refractivity contribution in [2.45, 2.75) is 18.9 Å². The number of nitrogens with one attached hydrogen (secondary N) is 1. The number of hydrogen-bond acceptors (Lipinski definition) is 4. The molecule has 1 saturated heterocycles. The molecule has 1 aromatic carbocycles. The molecule has 1 aliphatic rings. The first-order valence-corrected chi connectivity index (χ1v) is 7.99. The summed E-state index contributed by atoms with van der Waals surface area (Å²) in [5, 5.41) is 3.52. The predicted molar refractivity (Wildman–Crippen MR) is 88.4 cm³/mol. The summed E-state index contributed by atoms with van der Waals surface area (Å²) in [7, 11) is 0. The highest BCUT2D eigenvalue weighted by Crippen LogP contribution is 2.25. The molecule has 0 aromatic heterocycles. The lowest BCUT2D eigenvalue weighted by Crippen LogP contribution is -2.34. The second-order valence-electron chi connectivity index (χ2n) is 5.02. The minimum Gasteiger partial charge on any atom is -0.452 e. The van der Waals surface area contributed by atoms with E-state index >= 15 is 0 Å². The summed E-state index contributed by atoms with van der Waals surface area (Å²) in [5.74, 6) is -1.01. The summed E-state index contributed by atoms with van der Waals surface area (Å²) < 4.78 is 10.2. The van der Waals surface area contributed by atoms with E-state index in [1.54, 1.807) is 18.2 Å². The number of amides is 1. The molecule has 0 spiro atoms. The molecule has 5 nitrogen and oxygen atoms in total. The Bertz CT molecular complexity index is 577. The number of benzene rings is 1. The molecule has 0 radical (unpaired) electrons. The summed E-state index contributed by atoms with van der Waals surface area (Å²) in [5.41, 5.74) is 0.524. The molecule has 0 unspecified atom stereocenters. The van der Waals surface area contributed by atoms with Gasteiger partial charge < -0.3 is 14.8 Å². The van der Waals surface area contributed by atoms with Crippen LogP contribution in [0.15, 0.2) is 24.3 Å². The van der Waals surface area contributed by atoms with Crippen molar-refractivity contribution in [3.05, 3.63) is 39.9 Å². The molecule has 1 aliphatic heterocycles. The number of hydrogen-bond donors (Lipinski definition) is 1. The molecule has 1 fully saturated rings. The minimum atomic E-state index is -0.645. The van der Waals surface area contributed by atoms with Gasteiger partial charge in [-0.05, 0) is 31.1 Å². The van der Waals surface area contributed by atoms with Gasteiger partial charge in [0.05, 0.1) is 6.10 Å². The lowest BCUT2D eigenvalue weighted by Gasteiger charge is -2.10. The average molecular weight is 358 g/mol. The molecular formula is C16H17Cl2NO4. The van der Waals surface area contributed by atoms with E-state index in [1.165, 1.54) is 12.2 Å². The Labute approximate surface area is 144 Å². The van der Waals surface area contributed by atoms with E-state index in [0.29, 0.717) is 22.2 Å². The van der Waals surface area contributed by atoms with Gasteiger partial charge >= 0.3 is 5.97 Å². The van der Waals surface area contributed by atoms with E-state index in [-0.39, 0.29) is 18.6 Å². The van der Waals surface area contributed by atoms with Crippen molar-refractivity contribution in [3.63, 3.8) is 0 Å². The van der Waals surface area contributed by atoms with Gasteiger partial charge in [-0.25, -0.2) is 4.79 Å². The molecule has 0 bridgehead atoms. The standard InChI is InChI=1S/C16H17Cl2NO4/c17-13-4-1-5-14(18)12(13)6-7-16(21)23-10-15(20)19-9-11-3-2-8-22-11/h1,4-7,11H,2-3,8-10H2,(H,19,20)/b7-6+/t11-/m1/s1. The summed E-state index contributed by atoms with van der Waals surface area (Å²) in [6.07, 6.45) is 4.63. The molecule has 124 valence electrons. The smallest absolute Gasteiger partial charge is 0.331 e. The van der Waals surface area contributed by atoms with Crippen molar-refractivity contribution < 1.29 is 19.1 Å². The van der Waals surface area contributed by atoms with Crippen molar-refractivity contribution >= 4 is 41.2 Å². The molecule has 1 amide bonds. The van der Waals surface area contributed by atoms with E-state index in [9.17, 15) is 9.59 Å². The highest BCUT2D eigenvalue weighted by molar-refractivity contribution is 6.37. The van der Waals surface area contributed by atoms with Crippen LogP contribution in [0, 0.1) is 0 Å². The fourth-order valence-electron chi connectivity index (χ4n) is 2.09. The van der Waals surface area contributed by atoms with Gasteiger partial charge in [-0.15, -0.1) is 0 Å². The normalized spacial score (nSPS) is 17.4. The third-order valence-corrected chi connectivity index (χ3v) is 3.94. The van der Waals surface area contributed by atoms with Gasteiger partial charge in [-0.1, -0.05) is 29.3 Å². The maximum Gasteiger partial charge on any atom is 0.331 e. The second-order valence-corrected chi connectivity index (χ2v) is 5.83. The van der Waals surface area contributed by atoms with Crippen LogP contribution in [0.25, 0.3) is 6.08 Å². The fraction of sp³-hybridized carbons (Fsp3) is 0.375. The van der Waals surface area contributed by atoms with Gasteiger partial charge in [0.15, 0.2) is 6.61 Å². The summed E-state index contributed by atoms with van der Waals surface area (Å²) in [6.45, 7) is 0.818. The van der Waals surface area contributed by atoms with Crippen molar-refractivity contribution in [2.24, 2.45) is 0 Å². The van der Waals surface area contributed by atoms with E-state index in [4.69, 9.17) is 32.7 Å². The molecule has 23 heavy (non-hydrogen) atoms. The minimum absolute atomic E-state index is 0.0527. The zero-order valence-electron chi connectivity index (χ0n) is 12.4. The summed E-state index contributed by atoms with van der Waals surface area (Å²) in [6, 6.07) is 5.03.